The molecule has 1 aliphatic rings. The van der Waals surface area contributed by atoms with E-state index in [9.17, 15) is 4.79 Å². The molecule has 0 aromatic carbocycles. The third-order valence-corrected chi connectivity index (χ3v) is 1.66. The van der Waals surface area contributed by atoms with Gasteiger partial charge in [-0.15, -0.1) is 0 Å². The molecule has 1 saturated heterocycles. The van der Waals surface area contributed by atoms with Crippen molar-refractivity contribution in [3.8, 4) is 0 Å². The van der Waals surface area contributed by atoms with Crippen molar-refractivity contribution in [3.63, 3.8) is 0 Å². The van der Waals surface area contributed by atoms with Gasteiger partial charge in [0.2, 0.25) is 0 Å². The average molecular weight is 128 g/mol. The topological polar surface area (TPSA) is 41.1 Å². The fourth-order valence-corrected chi connectivity index (χ4v) is 1.01. The molecular formula is C6H12N2O. The Labute approximate surface area is 54.8 Å². The lowest BCUT2D eigenvalue weighted by atomic mass is 10.1. The van der Waals surface area contributed by atoms with Crippen molar-refractivity contribution in [2.24, 2.45) is 0 Å². The first-order valence-corrected chi connectivity index (χ1v) is 3.26. The average Bonchev–Trinajstić information content (AvgIpc) is 1.89. The summed E-state index contributed by atoms with van der Waals surface area (Å²) in [6.07, 6.45) is 0.955. The van der Waals surface area contributed by atoms with Crippen LogP contribution in [0.1, 0.15) is 6.92 Å². The van der Waals surface area contributed by atoms with Crippen LogP contribution in [0.15, 0.2) is 0 Å². The number of piperazine rings is 1. The van der Waals surface area contributed by atoms with Crippen LogP contribution in [-0.2, 0) is 4.79 Å². The van der Waals surface area contributed by atoms with E-state index in [2.05, 4.69) is 10.6 Å². The lowest BCUT2D eigenvalue weighted by molar-refractivity contribution is -0.110. The molecule has 0 aromatic heterocycles. The molecule has 3 nitrogen and oxygen atoms in total. The molecule has 0 saturated carbocycles. The summed E-state index contributed by atoms with van der Waals surface area (Å²) in [5.74, 6) is 0. The van der Waals surface area contributed by atoms with Crippen LogP contribution in [0.3, 0.4) is 0 Å². The van der Waals surface area contributed by atoms with Gasteiger partial charge in [0.1, 0.15) is 6.29 Å². The third-order valence-electron chi connectivity index (χ3n) is 1.66. The summed E-state index contributed by atoms with van der Waals surface area (Å²) in [5, 5.41) is 6.28. The van der Waals surface area contributed by atoms with Gasteiger partial charge in [-0.25, -0.2) is 0 Å². The molecule has 9 heavy (non-hydrogen) atoms. The van der Waals surface area contributed by atoms with Gasteiger partial charge < -0.3 is 15.4 Å². The summed E-state index contributed by atoms with van der Waals surface area (Å²) in [5.41, 5.74) is 0. The zero-order valence-electron chi connectivity index (χ0n) is 5.55. The van der Waals surface area contributed by atoms with Gasteiger partial charge in [0.25, 0.3) is 0 Å². The van der Waals surface area contributed by atoms with Crippen LogP contribution in [0, 0.1) is 0 Å². The van der Waals surface area contributed by atoms with E-state index in [1.807, 2.05) is 6.92 Å². The minimum atomic E-state index is 0.0127. The van der Waals surface area contributed by atoms with Gasteiger partial charge in [-0.3, -0.25) is 0 Å². The first-order valence-electron chi connectivity index (χ1n) is 3.26. The van der Waals surface area contributed by atoms with Gasteiger partial charge in [0.05, 0.1) is 6.04 Å². The second-order valence-corrected chi connectivity index (χ2v) is 2.36. The molecule has 0 amide bonds. The Morgan fingerprint density at radius 2 is 2.11 bits per heavy atom. The molecule has 0 radical (unpaired) electrons. The second-order valence-electron chi connectivity index (χ2n) is 2.36. The minimum absolute atomic E-state index is 0.0127. The van der Waals surface area contributed by atoms with Crippen molar-refractivity contribution in [2.75, 3.05) is 13.1 Å². The maximum atomic E-state index is 10.3. The Morgan fingerprint density at radius 3 is 2.56 bits per heavy atom. The van der Waals surface area contributed by atoms with Crippen LogP contribution in [0.4, 0.5) is 0 Å². The molecule has 2 atom stereocenters. The predicted molar refractivity (Wildman–Crippen MR) is 35.3 cm³/mol. The predicted octanol–water partition coefficient (Wildman–Crippen LogP) is -0.865. The van der Waals surface area contributed by atoms with Crippen LogP contribution in [0.2, 0.25) is 0 Å². The van der Waals surface area contributed by atoms with E-state index in [1.165, 1.54) is 0 Å². The van der Waals surface area contributed by atoms with Crippen molar-refractivity contribution < 1.29 is 4.79 Å². The molecule has 1 fully saturated rings. The first kappa shape index (κ1) is 6.71. The van der Waals surface area contributed by atoms with Gasteiger partial charge in [-0.1, -0.05) is 0 Å². The summed E-state index contributed by atoms with van der Waals surface area (Å²) in [7, 11) is 0. The zero-order chi connectivity index (χ0) is 6.69. The van der Waals surface area contributed by atoms with Crippen molar-refractivity contribution in [2.45, 2.75) is 19.0 Å². The van der Waals surface area contributed by atoms with Gasteiger partial charge >= 0.3 is 0 Å². The number of rotatable bonds is 1. The van der Waals surface area contributed by atoms with Gasteiger partial charge in [0, 0.05) is 19.1 Å². The number of carbonyl (C=O) groups excluding carboxylic acids is 1. The summed E-state index contributed by atoms with van der Waals surface area (Å²) < 4.78 is 0. The van der Waals surface area contributed by atoms with Gasteiger partial charge in [-0.2, -0.15) is 0 Å². The number of hydrogen-bond acceptors (Lipinski definition) is 3. The quantitative estimate of drug-likeness (QED) is 0.451. The number of nitrogens with one attached hydrogen (secondary N) is 2. The maximum absolute atomic E-state index is 10.3. The number of carbonyl (C=O) groups is 1. The second kappa shape index (κ2) is 2.94. The highest BCUT2D eigenvalue weighted by atomic mass is 16.1. The highest BCUT2D eigenvalue weighted by molar-refractivity contribution is 5.59. The molecule has 1 unspecified atom stereocenters. The first-order chi connectivity index (χ1) is 4.34. The molecule has 0 spiro atoms. The zero-order valence-corrected chi connectivity index (χ0v) is 5.55. The third kappa shape index (κ3) is 1.50. The van der Waals surface area contributed by atoms with Crippen LogP contribution in [0.25, 0.3) is 0 Å². The number of aldehydes is 1. The lowest BCUT2D eigenvalue weighted by Gasteiger charge is -2.26. The summed E-state index contributed by atoms with van der Waals surface area (Å²) in [6.45, 7) is 3.87. The Bertz CT molecular complexity index is 105. The Hall–Kier alpha value is -0.410. The molecule has 3 heteroatoms. The fraction of sp³-hybridized carbons (Fsp3) is 0.833. The van der Waals surface area contributed by atoms with Crippen molar-refractivity contribution >= 4 is 6.29 Å². The summed E-state index contributed by atoms with van der Waals surface area (Å²) >= 11 is 0. The van der Waals surface area contributed by atoms with E-state index in [0.29, 0.717) is 0 Å². The molecule has 0 aliphatic carbocycles. The molecule has 2 N–H and O–H groups in total. The standard InChI is InChI=1S/C6H12N2O/c1-5-6(4-9)8-3-2-7-5/h4-8H,2-3H2,1H3/t5?,6-/m0/s1. The van der Waals surface area contributed by atoms with E-state index in [4.69, 9.17) is 0 Å². The smallest absolute Gasteiger partial charge is 0.138 e. The molecule has 52 valence electrons. The maximum Gasteiger partial charge on any atom is 0.138 e. The summed E-state index contributed by atoms with van der Waals surface area (Å²) in [6, 6.07) is 0.301. The molecule has 0 bridgehead atoms. The molecule has 0 aromatic rings. The van der Waals surface area contributed by atoms with Crippen molar-refractivity contribution in [1.82, 2.24) is 10.6 Å². The normalized spacial score (nSPS) is 36.1. The van der Waals surface area contributed by atoms with E-state index in [-0.39, 0.29) is 12.1 Å². The largest absolute Gasteiger partial charge is 0.311 e. The Kier molecular flexibility index (Phi) is 2.19. The molecular weight excluding hydrogens is 116 g/mol. The van der Waals surface area contributed by atoms with Crippen LogP contribution in [0.5, 0.6) is 0 Å². The van der Waals surface area contributed by atoms with E-state index < -0.39 is 0 Å². The van der Waals surface area contributed by atoms with Gasteiger partial charge in [-0.05, 0) is 6.92 Å². The van der Waals surface area contributed by atoms with Crippen molar-refractivity contribution in [3.05, 3.63) is 0 Å². The van der Waals surface area contributed by atoms with E-state index >= 15 is 0 Å². The highest BCUT2D eigenvalue weighted by Gasteiger charge is 2.18. The SMILES string of the molecule is CC1NCCN[C@H]1C=O. The van der Waals surface area contributed by atoms with E-state index in [0.717, 1.165) is 19.4 Å². The monoisotopic (exact) mass is 128 g/mol. The van der Waals surface area contributed by atoms with Crippen LogP contribution in [-0.4, -0.2) is 31.5 Å². The Balaban J connectivity index is 2.38. The lowest BCUT2D eigenvalue weighted by Crippen LogP contribution is -2.55. The van der Waals surface area contributed by atoms with Crippen LogP contribution >= 0.6 is 0 Å². The van der Waals surface area contributed by atoms with Gasteiger partial charge in [0.15, 0.2) is 0 Å². The summed E-state index contributed by atoms with van der Waals surface area (Å²) in [4.78, 5) is 10.3. The van der Waals surface area contributed by atoms with Crippen molar-refractivity contribution in [1.29, 1.82) is 0 Å². The fourth-order valence-electron chi connectivity index (χ4n) is 1.01. The highest BCUT2D eigenvalue weighted by Crippen LogP contribution is 1.92. The van der Waals surface area contributed by atoms with Crippen LogP contribution < -0.4 is 10.6 Å². The number of hydrogen-bond donors (Lipinski definition) is 2. The van der Waals surface area contributed by atoms with E-state index in [1.54, 1.807) is 0 Å². The molecule has 1 heterocycles. The molecule has 1 aliphatic heterocycles. The molecule has 1 rings (SSSR count). The Morgan fingerprint density at radius 1 is 1.44 bits per heavy atom. The minimum Gasteiger partial charge on any atom is -0.311 e.